The van der Waals surface area contributed by atoms with Crippen LogP contribution in [0.25, 0.3) is 5.69 Å². The second-order valence-corrected chi connectivity index (χ2v) is 11.9. The summed E-state index contributed by atoms with van der Waals surface area (Å²) in [6.45, 7) is 2.71. The number of benzene rings is 3. The Balaban J connectivity index is 1.10. The summed E-state index contributed by atoms with van der Waals surface area (Å²) in [5.74, 6) is -1.01. The summed E-state index contributed by atoms with van der Waals surface area (Å²) in [5, 5.41) is 9.95. The first-order valence-electron chi connectivity index (χ1n) is 15.1. The number of hydrogen-bond donors (Lipinski definition) is 4. The van der Waals surface area contributed by atoms with Crippen LogP contribution in [0.5, 0.6) is 0 Å². The molecule has 1 aromatic heterocycles. The third-order valence-corrected chi connectivity index (χ3v) is 8.68. The monoisotopic (exact) mass is 584 g/mol. The Hall–Kier alpha value is -3.92. The van der Waals surface area contributed by atoms with Crippen LogP contribution in [0.1, 0.15) is 54.0 Å². The first-order valence-corrected chi connectivity index (χ1v) is 15.1. The van der Waals surface area contributed by atoms with Gasteiger partial charge in [0.2, 0.25) is 5.91 Å². The molecule has 0 saturated carbocycles. The van der Waals surface area contributed by atoms with E-state index in [0.717, 1.165) is 36.6 Å². The molecule has 0 bridgehead atoms. The average Bonchev–Trinajstić information content (AvgIpc) is 3.63. The van der Waals surface area contributed by atoms with Crippen LogP contribution in [0.4, 0.5) is 14.6 Å². The van der Waals surface area contributed by atoms with E-state index < -0.39 is 23.3 Å². The minimum absolute atomic E-state index is 0.175. The van der Waals surface area contributed by atoms with Crippen molar-refractivity contribution in [3.8, 4) is 5.69 Å². The topological polar surface area (TPSA) is 97.0 Å². The Morgan fingerprint density at radius 2 is 1.84 bits per heavy atom. The molecule has 0 aliphatic heterocycles. The number of halogens is 2. The van der Waals surface area contributed by atoms with Gasteiger partial charge < -0.3 is 20.9 Å². The molecule has 0 fully saturated rings. The summed E-state index contributed by atoms with van der Waals surface area (Å²) in [7, 11) is 0. The number of nitrogens with one attached hydrogen (secondary N) is 3. The molecule has 4 aromatic rings. The number of carbonyl (C=O) groups is 1. The van der Waals surface area contributed by atoms with Crippen molar-refractivity contribution >= 4 is 11.7 Å². The Kier molecular flexibility index (Phi) is 8.38. The molecule has 6 rings (SSSR count). The number of fused-ring (bicyclic) bond motifs is 2. The number of aromatic nitrogens is 2. The van der Waals surface area contributed by atoms with Crippen LogP contribution in [0.15, 0.2) is 73.2 Å². The van der Waals surface area contributed by atoms with Gasteiger partial charge in [0.05, 0.1) is 23.6 Å². The lowest BCUT2D eigenvalue weighted by molar-refractivity contribution is -0.119. The SMILES string of the molecule is CCCC(N[C@@]1(N)CCc2cc(F)cc(F)c2C1)C(=O)Nc1cn(-c2ccccc2CNC2Cc3ccccc3C2)cn1. The maximum Gasteiger partial charge on any atom is 0.242 e. The van der Waals surface area contributed by atoms with Gasteiger partial charge in [0.25, 0.3) is 0 Å². The molecule has 0 saturated heterocycles. The van der Waals surface area contributed by atoms with Crippen molar-refractivity contribution in [3.63, 3.8) is 0 Å². The zero-order valence-electron chi connectivity index (χ0n) is 24.4. The quantitative estimate of drug-likeness (QED) is 0.198. The minimum atomic E-state index is -0.991. The molecule has 0 spiro atoms. The summed E-state index contributed by atoms with van der Waals surface area (Å²) in [4.78, 5) is 17.9. The van der Waals surface area contributed by atoms with Crippen molar-refractivity contribution in [1.82, 2.24) is 20.2 Å². The summed E-state index contributed by atoms with van der Waals surface area (Å²) in [6.07, 6.45) is 7.92. The standard InChI is InChI=1S/C34H38F2N6O/c1-2-7-30(41-34(37)13-12-24-14-26(35)17-29(36)28(24)18-34)33(43)40-32-20-42(21-39-32)31-11-6-5-10-25(31)19-38-27-15-22-8-3-4-9-23(22)16-27/h3-6,8-11,14,17,20-21,27,30,38,41H,2,7,12-13,15-16,18-19,37H2,1H3,(H,40,43)/t30?,34-/m0/s1. The van der Waals surface area contributed by atoms with Gasteiger partial charge in [-0.2, -0.15) is 0 Å². The number of nitrogens with zero attached hydrogens (tertiary/aromatic N) is 2. The van der Waals surface area contributed by atoms with Crippen LogP contribution in [-0.4, -0.2) is 33.2 Å². The largest absolute Gasteiger partial charge is 0.313 e. The highest BCUT2D eigenvalue weighted by atomic mass is 19.1. The van der Waals surface area contributed by atoms with Crippen molar-refractivity contribution < 1.29 is 13.6 Å². The lowest BCUT2D eigenvalue weighted by Crippen LogP contribution is -2.62. The van der Waals surface area contributed by atoms with Crippen LogP contribution in [-0.2, 0) is 37.0 Å². The molecule has 1 heterocycles. The third kappa shape index (κ3) is 6.54. The predicted molar refractivity (Wildman–Crippen MR) is 164 cm³/mol. The number of hydrogen-bond acceptors (Lipinski definition) is 5. The van der Waals surface area contributed by atoms with Crippen molar-refractivity contribution in [2.24, 2.45) is 5.73 Å². The van der Waals surface area contributed by atoms with Crippen LogP contribution in [0, 0.1) is 11.6 Å². The molecule has 2 aliphatic carbocycles. The molecule has 2 atom stereocenters. The second-order valence-electron chi connectivity index (χ2n) is 11.9. The van der Waals surface area contributed by atoms with Crippen LogP contribution < -0.4 is 21.7 Å². The Morgan fingerprint density at radius 3 is 2.60 bits per heavy atom. The van der Waals surface area contributed by atoms with Crippen molar-refractivity contribution in [2.45, 2.75) is 76.2 Å². The summed E-state index contributed by atoms with van der Waals surface area (Å²) in [5.41, 5.74) is 11.7. The predicted octanol–water partition coefficient (Wildman–Crippen LogP) is 4.95. The lowest BCUT2D eigenvalue weighted by Gasteiger charge is -2.38. The highest BCUT2D eigenvalue weighted by Gasteiger charge is 2.36. The maximum absolute atomic E-state index is 14.5. The number of carbonyl (C=O) groups excluding carboxylic acids is 1. The Labute approximate surface area is 250 Å². The molecule has 2 aliphatic rings. The molecule has 43 heavy (non-hydrogen) atoms. The highest BCUT2D eigenvalue weighted by Crippen LogP contribution is 2.29. The minimum Gasteiger partial charge on any atom is -0.313 e. The number of imidazole rings is 1. The Bertz CT molecular complexity index is 1600. The lowest BCUT2D eigenvalue weighted by atomic mass is 9.83. The van der Waals surface area contributed by atoms with Gasteiger partial charge in [-0.05, 0) is 72.1 Å². The van der Waals surface area contributed by atoms with E-state index in [-0.39, 0.29) is 12.3 Å². The van der Waals surface area contributed by atoms with E-state index in [1.165, 1.54) is 17.2 Å². The zero-order chi connectivity index (χ0) is 30.0. The average molecular weight is 585 g/mol. The van der Waals surface area contributed by atoms with Gasteiger partial charge in [-0.1, -0.05) is 55.8 Å². The normalized spacial score (nSPS) is 18.7. The molecular formula is C34H38F2N6O. The zero-order valence-corrected chi connectivity index (χ0v) is 24.4. The number of aryl methyl sites for hydroxylation is 1. The van der Waals surface area contributed by atoms with E-state index in [9.17, 15) is 13.6 Å². The van der Waals surface area contributed by atoms with Gasteiger partial charge in [-0.25, -0.2) is 13.8 Å². The van der Waals surface area contributed by atoms with E-state index >= 15 is 0 Å². The maximum atomic E-state index is 14.5. The van der Waals surface area contributed by atoms with Gasteiger partial charge in [0, 0.05) is 25.1 Å². The van der Waals surface area contributed by atoms with E-state index in [0.29, 0.717) is 48.8 Å². The molecular weight excluding hydrogens is 546 g/mol. The summed E-state index contributed by atoms with van der Waals surface area (Å²) < 4.78 is 30.2. The van der Waals surface area contributed by atoms with Crippen molar-refractivity contribution in [1.29, 1.82) is 0 Å². The second kappa shape index (κ2) is 12.4. The molecule has 1 unspecified atom stereocenters. The number of rotatable bonds is 10. The molecule has 7 nitrogen and oxygen atoms in total. The fraction of sp³-hybridized carbons (Fsp3) is 0.353. The van der Waals surface area contributed by atoms with Crippen LogP contribution in [0.3, 0.4) is 0 Å². The number of anilines is 1. The molecule has 9 heteroatoms. The van der Waals surface area contributed by atoms with Gasteiger partial charge in [-0.15, -0.1) is 0 Å². The summed E-state index contributed by atoms with van der Waals surface area (Å²) in [6, 6.07) is 18.8. The van der Waals surface area contributed by atoms with Crippen molar-refractivity contribution in [2.75, 3.05) is 5.32 Å². The van der Waals surface area contributed by atoms with Crippen molar-refractivity contribution in [3.05, 3.63) is 113 Å². The van der Waals surface area contributed by atoms with E-state index in [2.05, 4.69) is 51.3 Å². The van der Waals surface area contributed by atoms with Crippen LogP contribution in [0.2, 0.25) is 0 Å². The van der Waals surface area contributed by atoms with E-state index in [4.69, 9.17) is 5.73 Å². The number of nitrogens with two attached hydrogens (primary N) is 1. The molecule has 0 radical (unpaired) electrons. The fourth-order valence-electron chi connectivity index (χ4n) is 6.47. The smallest absolute Gasteiger partial charge is 0.242 e. The van der Waals surface area contributed by atoms with Gasteiger partial charge in [-0.3, -0.25) is 10.1 Å². The van der Waals surface area contributed by atoms with Gasteiger partial charge >= 0.3 is 0 Å². The first kappa shape index (κ1) is 29.2. The Morgan fingerprint density at radius 1 is 1.09 bits per heavy atom. The molecule has 1 amide bonds. The number of amides is 1. The third-order valence-electron chi connectivity index (χ3n) is 8.68. The highest BCUT2D eigenvalue weighted by molar-refractivity contribution is 5.94. The van der Waals surface area contributed by atoms with E-state index in [1.807, 2.05) is 35.9 Å². The molecule has 3 aromatic carbocycles. The summed E-state index contributed by atoms with van der Waals surface area (Å²) >= 11 is 0. The van der Waals surface area contributed by atoms with Gasteiger partial charge in [0.15, 0.2) is 5.82 Å². The molecule has 5 N–H and O–H groups in total. The first-order chi connectivity index (χ1) is 20.8. The molecule has 224 valence electrons. The van der Waals surface area contributed by atoms with Gasteiger partial charge in [0.1, 0.15) is 18.0 Å². The van der Waals surface area contributed by atoms with Crippen LogP contribution >= 0.6 is 0 Å². The fourth-order valence-corrected chi connectivity index (χ4v) is 6.47. The number of para-hydroxylation sites is 1. The van der Waals surface area contributed by atoms with E-state index in [1.54, 1.807) is 6.33 Å².